The highest BCUT2D eigenvalue weighted by Crippen LogP contribution is 2.44. The van der Waals surface area contributed by atoms with Crippen LogP contribution in [0.25, 0.3) is 61.1 Å². The molecule has 0 aliphatic heterocycles. The topological polar surface area (TPSA) is 66.0 Å². The third kappa shape index (κ3) is 5.53. The third-order valence-electron chi connectivity index (χ3n) is 8.97. The molecule has 0 fully saturated rings. The average Bonchev–Trinajstić information content (AvgIpc) is 3.69. The molecule has 0 amide bonds. The van der Waals surface area contributed by atoms with Crippen LogP contribution in [0.15, 0.2) is 126 Å². The van der Waals surface area contributed by atoms with Gasteiger partial charge in [-0.25, -0.2) is 9.97 Å². The normalized spacial score (nSPS) is 12.3. The first-order valence-corrected chi connectivity index (χ1v) is 16.7. The van der Waals surface area contributed by atoms with Gasteiger partial charge in [-0.3, -0.25) is 9.55 Å². The van der Waals surface area contributed by atoms with E-state index in [1.54, 1.807) is 0 Å². The Hall–Kier alpha value is -5.75. The number of aromatic nitrogens is 4. The SMILES string of the molecule is CC(C)(C)c1ccnc(-n2c3ccccc3c3c4nc(C(C)(C)C)oc4c(Oc4cccc(-c5cc(-c6ccccc6)ccn5)c4)cc32)c1. The molecular weight excluding hydrogens is 604 g/mol. The van der Waals surface area contributed by atoms with Crippen molar-refractivity contribution >= 4 is 32.9 Å². The van der Waals surface area contributed by atoms with Crippen LogP contribution in [0, 0.1) is 0 Å². The third-order valence-corrected chi connectivity index (χ3v) is 8.97. The summed E-state index contributed by atoms with van der Waals surface area (Å²) >= 11 is 0. The fourth-order valence-electron chi connectivity index (χ4n) is 6.39. The maximum atomic E-state index is 6.77. The summed E-state index contributed by atoms with van der Waals surface area (Å²) < 4.78 is 15.6. The highest BCUT2D eigenvalue weighted by molar-refractivity contribution is 6.20. The summed E-state index contributed by atoms with van der Waals surface area (Å²) in [5, 5.41) is 2.09. The van der Waals surface area contributed by atoms with Crippen molar-refractivity contribution in [3.63, 3.8) is 0 Å². The van der Waals surface area contributed by atoms with Crippen LogP contribution >= 0.6 is 0 Å². The molecule has 4 heterocycles. The quantitative estimate of drug-likeness (QED) is 0.187. The number of nitrogens with zero attached hydrogens (tertiary/aromatic N) is 4. The molecule has 0 bridgehead atoms. The van der Waals surface area contributed by atoms with Crippen LogP contribution in [0.2, 0.25) is 0 Å². The second kappa shape index (κ2) is 11.4. The first-order chi connectivity index (χ1) is 23.5. The van der Waals surface area contributed by atoms with Crippen LogP contribution in [0.1, 0.15) is 53.0 Å². The predicted molar refractivity (Wildman–Crippen MR) is 199 cm³/mol. The van der Waals surface area contributed by atoms with Gasteiger partial charge in [0.05, 0.1) is 16.7 Å². The molecule has 0 radical (unpaired) electrons. The van der Waals surface area contributed by atoms with E-state index in [2.05, 4.69) is 113 Å². The fourth-order valence-corrected chi connectivity index (χ4v) is 6.39. The molecule has 0 saturated carbocycles. The molecule has 0 aliphatic rings. The second-order valence-corrected chi connectivity index (χ2v) is 14.6. The lowest BCUT2D eigenvalue weighted by atomic mass is 9.88. The van der Waals surface area contributed by atoms with Crippen LogP contribution in [-0.4, -0.2) is 19.5 Å². The van der Waals surface area contributed by atoms with E-state index in [1.807, 2.05) is 54.9 Å². The summed E-state index contributed by atoms with van der Waals surface area (Å²) in [5.41, 5.74) is 8.32. The van der Waals surface area contributed by atoms with E-state index in [0.29, 0.717) is 23.0 Å². The van der Waals surface area contributed by atoms with Gasteiger partial charge in [0.15, 0.2) is 11.3 Å². The van der Waals surface area contributed by atoms with Gasteiger partial charge in [-0.2, -0.15) is 0 Å². The molecule has 242 valence electrons. The summed E-state index contributed by atoms with van der Waals surface area (Å²) in [5.74, 6) is 2.76. The Morgan fingerprint density at radius 3 is 2.18 bits per heavy atom. The Kier molecular flexibility index (Phi) is 7.14. The molecule has 0 saturated heterocycles. The minimum atomic E-state index is -0.307. The molecular formula is C43H38N4O2. The zero-order valence-electron chi connectivity index (χ0n) is 28.7. The van der Waals surface area contributed by atoms with E-state index in [0.717, 1.165) is 55.5 Å². The molecule has 0 unspecified atom stereocenters. The minimum absolute atomic E-state index is 0.0355. The smallest absolute Gasteiger partial charge is 0.201 e. The molecule has 4 aromatic carbocycles. The standard InChI is InChI=1S/C43H38N4O2/c1-42(2,3)30-20-22-45-37(25-30)47-34-18-11-10-17-32(34)38-35(47)26-36(40-39(38)46-41(49-40)43(4,5)6)48-31-16-12-15-29(23-31)33-24-28(19-21-44-33)27-13-8-7-9-14-27/h7-26H,1-6H3. The van der Waals surface area contributed by atoms with Crippen molar-refractivity contribution < 1.29 is 9.15 Å². The van der Waals surface area contributed by atoms with E-state index in [-0.39, 0.29) is 10.8 Å². The Bertz CT molecular complexity index is 2490. The number of para-hydroxylation sites is 1. The van der Waals surface area contributed by atoms with E-state index >= 15 is 0 Å². The van der Waals surface area contributed by atoms with Gasteiger partial charge < -0.3 is 9.15 Å². The molecule has 0 spiro atoms. The minimum Gasteiger partial charge on any atom is -0.453 e. The summed E-state index contributed by atoms with van der Waals surface area (Å²) in [6, 6.07) is 37.3. The zero-order chi connectivity index (χ0) is 33.9. The number of rotatable bonds is 5. The number of oxazole rings is 1. The van der Waals surface area contributed by atoms with Gasteiger partial charge in [0.2, 0.25) is 5.89 Å². The molecule has 0 aliphatic carbocycles. The molecule has 0 N–H and O–H groups in total. The largest absolute Gasteiger partial charge is 0.453 e. The predicted octanol–water partition coefficient (Wildman–Crippen LogP) is 11.4. The van der Waals surface area contributed by atoms with Gasteiger partial charge >= 0.3 is 0 Å². The van der Waals surface area contributed by atoms with Crippen LogP contribution in [0.4, 0.5) is 0 Å². The van der Waals surface area contributed by atoms with Crippen molar-refractivity contribution in [3.8, 4) is 39.7 Å². The number of benzene rings is 4. The molecule has 6 nitrogen and oxygen atoms in total. The maximum Gasteiger partial charge on any atom is 0.201 e. The second-order valence-electron chi connectivity index (χ2n) is 14.6. The lowest BCUT2D eigenvalue weighted by Gasteiger charge is -2.20. The molecule has 0 atom stereocenters. The van der Waals surface area contributed by atoms with Crippen molar-refractivity contribution in [3.05, 3.63) is 133 Å². The highest BCUT2D eigenvalue weighted by atomic mass is 16.5. The molecule has 8 rings (SSSR count). The summed E-state index contributed by atoms with van der Waals surface area (Å²) in [6.07, 6.45) is 3.75. The number of hydrogen-bond donors (Lipinski definition) is 0. The molecule has 8 aromatic rings. The van der Waals surface area contributed by atoms with Crippen molar-refractivity contribution in [1.29, 1.82) is 0 Å². The van der Waals surface area contributed by atoms with Crippen LogP contribution < -0.4 is 4.74 Å². The lowest BCUT2D eigenvalue weighted by Crippen LogP contribution is -2.12. The molecule has 4 aromatic heterocycles. The Labute approximate surface area is 286 Å². The lowest BCUT2D eigenvalue weighted by molar-refractivity contribution is 0.401. The van der Waals surface area contributed by atoms with Gasteiger partial charge in [-0.1, -0.05) is 102 Å². The van der Waals surface area contributed by atoms with E-state index < -0.39 is 0 Å². The fraction of sp³-hybridized carbons (Fsp3) is 0.186. The molecule has 6 heteroatoms. The first-order valence-electron chi connectivity index (χ1n) is 16.7. The molecule has 49 heavy (non-hydrogen) atoms. The highest BCUT2D eigenvalue weighted by Gasteiger charge is 2.27. The van der Waals surface area contributed by atoms with E-state index in [9.17, 15) is 0 Å². The number of pyridine rings is 2. The van der Waals surface area contributed by atoms with Gasteiger partial charge in [0.25, 0.3) is 0 Å². The monoisotopic (exact) mass is 642 g/mol. The van der Waals surface area contributed by atoms with Gasteiger partial charge in [-0.05, 0) is 64.6 Å². The van der Waals surface area contributed by atoms with E-state index in [1.165, 1.54) is 5.56 Å². The van der Waals surface area contributed by atoms with E-state index in [4.69, 9.17) is 24.1 Å². The summed E-state index contributed by atoms with van der Waals surface area (Å²) in [6.45, 7) is 13.0. The number of fused-ring (bicyclic) bond motifs is 5. The summed E-state index contributed by atoms with van der Waals surface area (Å²) in [7, 11) is 0. The number of ether oxygens (including phenoxy) is 1. The van der Waals surface area contributed by atoms with Crippen molar-refractivity contribution in [2.24, 2.45) is 0 Å². The van der Waals surface area contributed by atoms with Crippen molar-refractivity contribution in [2.45, 2.75) is 52.4 Å². The van der Waals surface area contributed by atoms with Crippen molar-refractivity contribution in [1.82, 2.24) is 19.5 Å². The summed E-state index contributed by atoms with van der Waals surface area (Å²) in [4.78, 5) is 14.7. The zero-order valence-corrected chi connectivity index (χ0v) is 28.7. The Balaban J connectivity index is 1.32. The maximum absolute atomic E-state index is 6.77. The van der Waals surface area contributed by atoms with Crippen molar-refractivity contribution in [2.75, 3.05) is 0 Å². The van der Waals surface area contributed by atoms with Gasteiger partial charge in [0.1, 0.15) is 17.1 Å². The first kappa shape index (κ1) is 30.6. The number of hydrogen-bond acceptors (Lipinski definition) is 5. The Morgan fingerprint density at radius 1 is 0.633 bits per heavy atom. The van der Waals surface area contributed by atoms with Gasteiger partial charge in [-0.15, -0.1) is 0 Å². The van der Waals surface area contributed by atoms with Gasteiger partial charge in [0, 0.05) is 40.2 Å². The Morgan fingerprint density at radius 2 is 1.39 bits per heavy atom. The van der Waals surface area contributed by atoms with Crippen LogP contribution in [0.3, 0.4) is 0 Å². The average molecular weight is 643 g/mol. The van der Waals surface area contributed by atoms with Crippen LogP contribution in [0.5, 0.6) is 11.5 Å². The van der Waals surface area contributed by atoms with Crippen LogP contribution in [-0.2, 0) is 10.8 Å².